The third-order valence-corrected chi connectivity index (χ3v) is 3.56. The Bertz CT molecular complexity index is 715. The predicted octanol–water partition coefficient (Wildman–Crippen LogP) is 2.26. The SMILES string of the molecule is C#CCNC(=O)c1sc2nc(C(F)(F)F)ccc2c1N. The number of rotatable bonds is 2. The number of nitrogens with one attached hydrogen (secondary N) is 1. The number of nitrogen functional groups attached to an aromatic ring is 1. The van der Waals surface area contributed by atoms with E-state index in [4.69, 9.17) is 12.2 Å². The molecule has 0 aliphatic heterocycles. The maximum atomic E-state index is 12.6. The molecule has 0 saturated heterocycles. The summed E-state index contributed by atoms with van der Waals surface area (Å²) < 4.78 is 37.7. The number of hydrogen-bond acceptors (Lipinski definition) is 4. The summed E-state index contributed by atoms with van der Waals surface area (Å²) in [4.78, 5) is 15.4. The monoisotopic (exact) mass is 299 g/mol. The first-order chi connectivity index (χ1) is 9.34. The number of hydrogen-bond donors (Lipinski definition) is 2. The van der Waals surface area contributed by atoms with Gasteiger partial charge in [0.05, 0.1) is 12.2 Å². The van der Waals surface area contributed by atoms with E-state index in [9.17, 15) is 18.0 Å². The van der Waals surface area contributed by atoms with Crippen LogP contribution in [0.1, 0.15) is 15.4 Å². The minimum absolute atomic E-state index is 0.00769. The first-order valence-electron chi connectivity index (χ1n) is 5.32. The molecular formula is C12H8F3N3OS. The van der Waals surface area contributed by atoms with Crippen LogP contribution in [-0.4, -0.2) is 17.4 Å². The summed E-state index contributed by atoms with van der Waals surface area (Å²) in [5.74, 6) is 1.69. The fourth-order valence-corrected chi connectivity index (χ4v) is 2.55. The highest BCUT2D eigenvalue weighted by Gasteiger charge is 2.33. The Morgan fingerprint density at radius 3 is 2.80 bits per heavy atom. The van der Waals surface area contributed by atoms with E-state index in [1.165, 1.54) is 6.07 Å². The Morgan fingerprint density at radius 2 is 2.20 bits per heavy atom. The van der Waals surface area contributed by atoms with E-state index in [1.807, 2.05) is 0 Å². The van der Waals surface area contributed by atoms with Gasteiger partial charge in [-0.1, -0.05) is 5.92 Å². The van der Waals surface area contributed by atoms with Crippen molar-refractivity contribution in [2.24, 2.45) is 0 Å². The van der Waals surface area contributed by atoms with Crippen LogP contribution in [0.15, 0.2) is 12.1 Å². The molecule has 0 atom stereocenters. The van der Waals surface area contributed by atoms with E-state index in [-0.39, 0.29) is 21.9 Å². The molecule has 2 rings (SSSR count). The van der Waals surface area contributed by atoms with Crippen LogP contribution in [0.25, 0.3) is 10.2 Å². The van der Waals surface area contributed by atoms with Gasteiger partial charge in [-0.2, -0.15) is 13.2 Å². The molecule has 0 spiro atoms. The van der Waals surface area contributed by atoms with Gasteiger partial charge in [0.2, 0.25) is 0 Å². The van der Waals surface area contributed by atoms with Crippen molar-refractivity contribution in [2.45, 2.75) is 6.18 Å². The van der Waals surface area contributed by atoms with Crippen LogP contribution in [0.5, 0.6) is 0 Å². The minimum Gasteiger partial charge on any atom is -0.397 e. The second-order valence-corrected chi connectivity index (χ2v) is 4.78. The third-order valence-electron chi connectivity index (χ3n) is 2.44. The van der Waals surface area contributed by atoms with Crippen LogP contribution in [0, 0.1) is 12.3 Å². The Labute approximate surface area is 115 Å². The summed E-state index contributed by atoms with van der Waals surface area (Å²) in [6, 6.07) is 2.03. The summed E-state index contributed by atoms with van der Waals surface area (Å²) in [6.45, 7) is 0.00769. The zero-order valence-corrected chi connectivity index (χ0v) is 10.7. The van der Waals surface area contributed by atoms with Gasteiger partial charge in [-0.25, -0.2) is 4.98 Å². The van der Waals surface area contributed by atoms with Crippen LogP contribution in [-0.2, 0) is 6.18 Å². The number of nitrogens with zero attached hydrogens (tertiary/aromatic N) is 1. The molecule has 104 valence electrons. The molecule has 2 heterocycles. The highest BCUT2D eigenvalue weighted by Crippen LogP contribution is 2.35. The third kappa shape index (κ3) is 2.53. The summed E-state index contributed by atoms with van der Waals surface area (Å²) in [5.41, 5.74) is 4.82. The maximum Gasteiger partial charge on any atom is 0.433 e. The number of pyridine rings is 1. The fourth-order valence-electron chi connectivity index (χ4n) is 1.54. The number of carbonyl (C=O) groups excluding carboxylic acids is 1. The molecule has 20 heavy (non-hydrogen) atoms. The van der Waals surface area contributed by atoms with Gasteiger partial charge in [-0.3, -0.25) is 4.79 Å². The number of amides is 1. The predicted molar refractivity (Wildman–Crippen MR) is 70.2 cm³/mol. The van der Waals surface area contributed by atoms with Crippen molar-refractivity contribution >= 4 is 33.1 Å². The van der Waals surface area contributed by atoms with Crippen molar-refractivity contribution in [3.8, 4) is 12.3 Å². The molecule has 2 aromatic rings. The van der Waals surface area contributed by atoms with Gasteiger partial charge in [0, 0.05) is 5.39 Å². The highest BCUT2D eigenvalue weighted by atomic mass is 32.1. The molecule has 2 aromatic heterocycles. The topological polar surface area (TPSA) is 68.0 Å². The average Bonchev–Trinajstić information content (AvgIpc) is 2.72. The molecule has 0 unspecified atom stereocenters. The van der Waals surface area contributed by atoms with Crippen LogP contribution in [0.3, 0.4) is 0 Å². The Hall–Kier alpha value is -2.27. The van der Waals surface area contributed by atoms with Gasteiger partial charge < -0.3 is 11.1 Å². The van der Waals surface area contributed by atoms with Crippen LogP contribution in [0.4, 0.5) is 18.9 Å². The smallest absolute Gasteiger partial charge is 0.397 e. The van der Waals surface area contributed by atoms with Gasteiger partial charge in [-0.15, -0.1) is 17.8 Å². The van der Waals surface area contributed by atoms with E-state index in [2.05, 4.69) is 16.2 Å². The van der Waals surface area contributed by atoms with Crippen molar-refractivity contribution < 1.29 is 18.0 Å². The number of nitrogens with two attached hydrogens (primary N) is 1. The van der Waals surface area contributed by atoms with Gasteiger partial charge in [0.1, 0.15) is 15.4 Å². The number of alkyl halides is 3. The van der Waals surface area contributed by atoms with Crippen LogP contribution < -0.4 is 11.1 Å². The largest absolute Gasteiger partial charge is 0.433 e. The number of terminal acetylenes is 1. The van der Waals surface area contributed by atoms with E-state index in [0.717, 1.165) is 17.4 Å². The zero-order chi connectivity index (χ0) is 14.9. The van der Waals surface area contributed by atoms with Crippen molar-refractivity contribution in [2.75, 3.05) is 12.3 Å². The first kappa shape index (κ1) is 14.1. The zero-order valence-electron chi connectivity index (χ0n) is 9.91. The van der Waals surface area contributed by atoms with Crippen molar-refractivity contribution in [1.29, 1.82) is 0 Å². The minimum atomic E-state index is -4.54. The number of thiophene rings is 1. The number of fused-ring (bicyclic) bond motifs is 1. The molecule has 0 aliphatic carbocycles. The average molecular weight is 299 g/mol. The molecule has 0 radical (unpaired) electrons. The van der Waals surface area contributed by atoms with Crippen molar-refractivity contribution in [3.05, 3.63) is 22.7 Å². The van der Waals surface area contributed by atoms with Gasteiger partial charge in [0.15, 0.2) is 0 Å². The molecular weight excluding hydrogens is 291 g/mol. The molecule has 3 N–H and O–H groups in total. The Morgan fingerprint density at radius 1 is 1.50 bits per heavy atom. The van der Waals surface area contributed by atoms with Crippen LogP contribution >= 0.6 is 11.3 Å². The van der Waals surface area contributed by atoms with Gasteiger partial charge in [-0.05, 0) is 12.1 Å². The van der Waals surface area contributed by atoms with Crippen molar-refractivity contribution in [1.82, 2.24) is 10.3 Å². The lowest BCUT2D eigenvalue weighted by molar-refractivity contribution is -0.140. The Kier molecular flexibility index (Phi) is 3.55. The summed E-state index contributed by atoms with van der Waals surface area (Å²) >= 11 is 0.796. The molecule has 0 saturated carbocycles. The van der Waals surface area contributed by atoms with Crippen LogP contribution in [0.2, 0.25) is 0 Å². The van der Waals surface area contributed by atoms with Crippen molar-refractivity contribution in [3.63, 3.8) is 0 Å². The number of halogens is 3. The fraction of sp³-hybridized carbons (Fsp3) is 0.167. The normalized spacial score (nSPS) is 11.3. The summed E-state index contributed by atoms with van der Waals surface area (Å²) in [5, 5.41) is 2.71. The maximum absolute atomic E-state index is 12.6. The highest BCUT2D eigenvalue weighted by molar-refractivity contribution is 7.21. The number of aromatic nitrogens is 1. The van der Waals surface area contributed by atoms with E-state index in [0.29, 0.717) is 5.39 Å². The number of anilines is 1. The lowest BCUT2D eigenvalue weighted by Gasteiger charge is -2.04. The van der Waals surface area contributed by atoms with Gasteiger partial charge >= 0.3 is 6.18 Å². The van der Waals surface area contributed by atoms with E-state index >= 15 is 0 Å². The lowest BCUT2D eigenvalue weighted by atomic mass is 10.2. The molecule has 8 heteroatoms. The lowest BCUT2D eigenvalue weighted by Crippen LogP contribution is -2.23. The molecule has 0 aromatic carbocycles. The van der Waals surface area contributed by atoms with E-state index in [1.54, 1.807) is 0 Å². The molecule has 0 bridgehead atoms. The quantitative estimate of drug-likeness (QED) is 0.836. The summed E-state index contributed by atoms with van der Waals surface area (Å²) in [7, 11) is 0. The summed E-state index contributed by atoms with van der Waals surface area (Å²) in [6.07, 6.45) is 0.463. The number of carbonyl (C=O) groups is 1. The van der Waals surface area contributed by atoms with Gasteiger partial charge in [0.25, 0.3) is 5.91 Å². The molecule has 0 aliphatic rings. The second kappa shape index (κ2) is 5.02. The van der Waals surface area contributed by atoms with E-state index < -0.39 is 17.8 Å². The Balaban J connectivity index is 2.48. The first-order valence-corrected chi connectivity index (χ1v) is 6.14. The molecule has 4 nitrogen and oxygen atoms in total. The second-order valence-electron chi connectivity index (χ2n) is 3.78. The molecule has 0 fully saturated rings. The standard InChI is InChI=1S/C12H8F3N3OS/c1-2-5-17-10(19)9-8(16)6-3-4-7(12(13,14)15)18-11(6)20-9/h1,3-4H,5,16H2,(H,17,19). The molecule has 1 amide bonds.